The minimum absolute atomic E-state index is 0.0377. The first-order chi connectivity index (χ1) is 11.8. The summed E-state index contributed by atoms with van der Waals surface area (Å²) < 4.78 is 0. The average molecular weight is 309 g/mol. The van der Waals surface area contributed by atoms with Crippen molar-refractivity contribution < 1.29 is 0 Å². The van der Waals surface area contributed by atoms with Crippen LogP contribution >= 0.6 is 0 Å². The van der Waals surface area contributed by atoms with Crippen molar-refractivity contribution in [2.45, 2.75) is 18.8 Å². The molecule has 1 nitrogen and oxygen atoms in total. The smallest absolute Gasteiger partial charge is 0.0462 e. The number of H-pyrrole nitrogens is 1. The zero-order chi connectivity index (χ0) is 16.1. The van der Waals surface area contributed by atoms with Crippen LogP contribution in [0.25, 0.3) is 22.0 Å². The van der Waals surface area contributed by atoms with Crippen molar-refractivity contribution >= 4 is 10.9 Å². The van der Waals surface area contributed by atoms with Gasteiger partial charge < -0.3 is 4.98 Å². The molecular weight excluding hydrogens is 290 g/mol. The molecule has 0 aliphatic heterocycles. The molecule has 0 saturated heterocycles. The summed E-state index contributed by atoms with van der Waals surface area (Å²) in [5, 5.41) is 1.32. The van der Waals surface area contributed by atoms with Crippen LogP contribution in [0.1, 0.15) is 23.7 Å². The number of para-hydroxylation sites is 1. The maximum Gasteiger partial charge on any atom is 0.0462 e. The van der Waals surface area contributed by atoms with Crippen LogP contribution in [0, 0.1) is 0 Å². The summed E-state index contributed by atoms with van der Waals surface area (Å²) in [6.45, 7) is 2.37. The monoisotopic (exact) mass is 309 g/mol. The number of benzene rings is 3. The largest absolute Gasteiger partial charge is 0.357 e. The first kappa shape index (κ1) is 13.6. The van der Waals surface area contributed by atoms with Crippen LogP contribution in [0.4, 0.5) is 0 Å². The van der Waals surface area contributed by atoms with E-state index in [1.54, 1.807) is 0 Å². The lowest BCUT2D eigenvalue weighted by atomic mass is 9.68. The summed E-state index contributed by atoms with van der Waals surface area (Å²) in [6.07, 6.45) is 1.02. The van der Waals surface area contributed by atoms with Gasteiger partial charge in [0.2, 0.25) is 0 Å². The van der Waals surface area contributed by atoms with Gasteiger partial charge in [0.25, 0.3) is 0 Å². The van der Waals surface area contributed by atoms with E-state index < -0.39 is 0 Å². The van der Waals surface area contributed by atoms with Gasteiger partial charge in [-0.2, -0.15) is 0 Å². The van der Waals surface area contributed by atoms with Crippen LogP contribution in [-0.4, -0.2) is 4.98 Å². The first-order valence-corrected chi connectivity index (χ1v) is 8.52. The Morgan fingerprint density at radius 2 is 1.50 bits per heavy atom. The third-order valence-corrected chi connectivity index (χ3v) is 5.50. The second-order valence-corrected chi connectivity index (χ2v) is 6.95. The van der Waals surface area contributed by atoms with Crippen molar-refractivity contribution in [1.82, 2.24) is 4.98 Å². The summed E-state index contributed by atoms with van der Waals surface area (Å²) in [6, 6.07) is 28.4. The molecule has 0 radical (unpaired) electrons. The molecule has 1 aliphatic rings. The van der Waals surface area contributed by atoms with E-state index in [9.17, 15) is 0 Å². The van der Waals surface area contributed by atoms with Crippen LogP contribution in [0.2, 0.25) is 0 Å². The number of fused-ring (bicyclic) bond motifs is 5. The second-order valence-electron chi connectivity index (χ2n) is 6.95. The summed E-state index contributed by atoms with van der Waals surface area (Å²) in [5.41, 5.74) is 8.07. The number of hydrogen-bond acceptors (Lipinski definition) is 0. The predicted octanol–water partition coefficient (Wildman–Crippen LogP) is 5.70. The SMILES string of the molecule is CC1(c2ccccc2)Cc2ccccc2-c2c1[nH]c1ccccc21. The van der Waals surface area contributed by atoms with Gasteiger partial charge in [-0.1, -0.05) is 72.8 Å². The Kier molecular flexibility index (Phi) is 2.75. The Labute approximate surface area is 142 Å². The Hall–Kier alpha value is -2.80. The molecule has 1 N–H and O–H groups in total. The number of nitrogens with one attached hydrogen (secondary N) is 1. The van der Waals surface area contributed by atoms with E-state index in [4.69, 9.17) is 0 Å². The highest BCUT2D eigenvalue weighted by Gasteiger charge is 2.38. The zero-order valence-corrected chi connectivity index (χ0v) is 13.7. The quantitative estimate of drug-likeness (QED) is 0.464. The minimum atomic E-state index is -0.0377. The first-order valence-electron chi connectivity index (χ1n) is 8.52. The number of hydrogen-bond donors (Lipinski definition) is 1. The Balaban J connectivity index is 1.90. The highest BCUT2D eigenvalue weighted by molar-refractivity contribution is 6.00. The van der Waals surface area contributed by atoms with E-state index in [1.165, 1.54) is 38.9 Å². The molecule has 0 spiro atoms. The fourth-order valence-corrected chi connectivity index (χ4v) is 4.28. The Morgan fingerprint density at radius 1 is 0.792 bits per heavy atom. The molecule has 1 heteroatoms. The highest BCUT2D eigenvalue weighted by Crippen LogP contribution is 2.49. The maximum absolute atomic E-state index is 3.75. The lowest BCUT2D eigenvalue weighted by Gasteiger charge is -2.36. The lowest BCUT2D eigenvalue weighted by molar-refractivity contribution is 0.548. The van der Waals surface area contributed by atoms with Gasteiger partial charge in [0, 0.05) is 27.6 Å². The molecule has 1 aliphatic carbocycles. The Morgan fingerprint density at radius 3 is 2.38 bits per heavy atom. The van der Waals surface area contributed by atoms with Gasteiger partial charge in [-0.25, -0.2) is 0 Å². The summed E-state index contributed by atoms with van der Waals surface area (Å²) in [5.74, 6) is 0. The molecule has 0 fully saturated rings. The van der Waals surface area contributed by atoms with E-state index in [0.717, 1.165) is 6.42 Å². The molecule has 0 amide bonds. The number of aromatic amines is 1. The van der Waals surface area contributed by atoms with Crippen molar-refractivity contribution in [3.63, 3.8) is 0 Å². The molecular formula is C23H19N. The Bertz CT molecular complexity index is 1040. The maximum atomic E-state index is 3.75. The third kappa shape index (κ3) is 1.75. The molecule has 1 atom stereocenters. The molecule has 4 aromatic rings. The fraction of sp³-hybridized carbons (Fsp3) is 0.130. The van der Waals surface area contributed by atoms with Gasteiger partial charge in [-0.3, -0.25) is 0 Å². The molecule has 116 valence electrons. The highest BCUT2D eigenvalue weighted by atomic mass is 14.8. The fourth-order valence-electron chi connectivity index (χ4n) is 4.28. The normalized spacial score (nSPS) is 19.0. The molecule has 1 unspecified atom stereocenters. The molecule has 1 aromatic heterocycles. The van der Waals surface area contributed by atoms with Crippen molar-refractivity contribution in [3.8, 4) is 11.1 Å². The van der Waals surface area contributed by atoms with Gasteiger partial charge in [0.1, 0.15) is 0 Å². The standard InChI is InChI=1S/C23H19N/c1-23(17-10-3-2-4-11-17)15-16-9-5-6-12-18(16)21-19-13-7-8-14-20(19)24-22(21)23/h2-14,24H,15H2,1H3. The molecule has 0 saturated carbocycles. The van der Waals surface area contributed by atoms with E-state index in [-0.39, 0.29) is 5.41 Å². The van der Waals surface area contributed by atoms with E-state index in [2.05, 4.69) is 90.8 Å². The second kappa shape index (κ2) is 4.85. The summed E-state index contributed by atoms with van der Waals surface area (Å²) in [7, 11) is 0. The molecule has 24 heavy (non-hydrogen) atoms. The van der Waals surface area contributed by atoms with Crippen LogP contribution < -0.4 is 0 Å². The van der Waals surface area contributed by atoms with Crippen LogP contribution in [0.5, 0.6) is 0 Å². The van der Waals surface area contributed by atoms with Crippen LogP contribution in [-0.2, 0) is 11.8 Å². The van der Waals surface area contributed by atoms with Gasteiger partial charge in [0.15, 0.2) is 0 Å². The molecule has 5 rings (SSSR count). The van der Waals surface area contributed by atoms with E-state index in [0.29, 0.717) is 0 Å². The number of aromatic nitrogens is 1. The van der Waals surface area contributed by atoms with Gasteiger partial charge in [-0.15, -0.1) is 0 Å². The third-order valence-electron chi connectivity index (χ3n) is 5.50. The van der Waals surface area contributed by atoms with Gasteiger partial charge >= 0.3 is 0 Å². The van der Waals surface area contributed by atoms with Gasteiger partial charge in [-0.05, 0) is 36.1 Å². The predicted molar refractivity (Wildman–Crippen MR) is 100 cm³/mol. The van der Waals surface area contributed by atoms with Crippen molar-refractivity contribution in [1.29, 1.82) is 0 Å². The van der Waals surface area contributed by atoms with Crippen LogP contribution in [0.3, 0.4) is 0 Å². The molecule has 3 aromatic carbocycles. The summed E-state index contributed by atoms with van der Waals surface area (Å²) in [4.78, 5) is 3.75. The topological polar surface area (TPSA) is 15.8 Å². The molecule has 1 heterocycles. The van der Waals surface area contributed by atoms with Crippen LogP contribution in [0.15, 0.2) is 78.9 Å². The lowest BCUT2D eigenvalue weighted by Crippen LogP contribution is -2.30. The van der Waals surface area contributed by atoms with Gasteiger partial charge in [0.05, 0.1) is 0 Å². The summed E-state index contributed by atoms with van der Waals surface area (Å²) >= 11 is 0. The zero-order valence-electron chi connectivity index (χ0n) is 13.7. The van der Waals surface area contributed by atoms with Crippen molar-refractivity contribution in [3.05, 3.63) is 95.7 Å². The number of rotatable bonds is 1. The van der Waals surface area contributed by atoms with Crippen molar-refractivity contribution in [2.24, 2.45) is 0 Å². The minimum Gasteiger partial charge on any atom is -0.357 e. The van der Waals surface area contributed by atoms with E-state index in [1.807, 2.05) is 0 Å². The molecule has 0 bridgehead atoms. The average Bonchev–Trinajstić information content (AvgIpc) is 3.03. The van der Waals surface area contributed by atoms with Crippen molar-refractivity contribution in [2.75, 3.05) is 0 Å². The van der Waals surface area contributed by atoms with E-state index >= 15 is 0 Å².